The molecule has 0 aliphatic heterocycles. The number of hydrogen-bond acceptors (Lipinski definition) is 2. The lowest BCUT2D eigenvalue weighted by Crippen LogP contribution is -2.22. The van der Waals surface area contributed by atoms with Crippen LogP contribution in [0.15, 0.2) is 34.1 Å². The van der Waals surface area contributed by atoms with Gasteiger partial charge in [-0.2, -0.15) is 0 Å². The van der Waals surface area contributed by atoms with Gasteiger partial charge in [-0.25, -0.2) is 0 Å². The third-order valence-corrected chi connectivity index (χ3v) is 6.09. The molecule has 1 aromatic carbocycles. The van der Waals surface area contributed by atoms with Crippen LogP contribution in [0.4, 0.5) is 0 Å². The molecule has 1 atom stereocenters. The third kappa shape index (κ3) is 2.64. The Kier molecular flexibility index (Phi) is 3.79. The number of halogens is 2. The van der Waals surface area contributed by atoms with Crippen LogP contribution in [0.3, 0.4) is 0 Å². The molecular weight excluding hydrogens is 344 g/mol. The van der Waals surface area contributed by atoms with E-state index in [9.17, 15) is 4.79 Å². The second kappa shape index (κ2) is 5.39. The summed E-state index contributed by atoms with van der Waals surface area (Å²) in [5, 5.41) is 0.629. The first-order valence-electron chi connectivity index (χ1n) is 6.21. The molecule has 1 heterocycles. The van der Waals surface area contributed by atoms with E-state index in [0.29, 0.717) is 5.02 Å². The zero-order valence-corrected chi connectivity index (χ0v) is 13.3. The molecule has 98 valence electrons. The molecule has 19 heavy (non-hydrogen) atoms. The predicted molar refractivity (Wildman–Crippen MR) is 83.3 cm³/mol. The largest absolute Gasteiger partial charge is 0.293 e. The number of hydrogen-bond donors (Lipinski definition) is 0. The first-order valence-corrected chi connectivity index (χ1v) is 8.19. The first kappa shape index (κ1) is 13.3. The van der Waals surface area contributed by atoms with E-state index >= 15 is 0 Å². The lowest BCUT2D eigenvalue weighted by atomic mass is 9.81. The van der Waals surface area contributed by atoms with Gasteiger partial charge in [0.1, 0.15) is 0 Å². The van der Waals surface area contributed by atoms with Crippen molar-refractivity contribution in [3.05, 3.63) is 55.1 Å². The summed E-state index contributed by atoms with van der Waals surface area (Å²) in [6.45, 7) is 0. The van der Waals surface area contributed by atoms with Crippen LogP contribution in [0.25, 0.3) is 0 Å². The Balaban J connectivity index is 1.83. The first-order chi connectivity index (χ1) is 9.15. The van der Waals surface area contributed by atoms with Crippen molar-refractivity contribution in [2.45, 2.75) is 19.3 Å². The van der Waals surface area contributed by atoms with Gasteiger partial charge in [0.15, 0.2) is 5.78 Å². The van der Waals surface area contributed by atoms with Crippen LogP contribution in [-0.4, -0.2) is 5.78 Å². The standard InChI is InChI=1S/C15H12BrClOS/c16-15-12(17)8-13(19-15)14(18)11-6-5-9-3-1-2-4-10(9)7-11/h1-4,8,11H,5-7H2. The van der Waals surface area contributed by atoms with Crippen LogP contribution < -0.4 is 0 Å². The minimum atomic E-state index is 0.0940. The maximum Gasteiger partial charge on any atom is 0.176 e. The number of rotatable bonds is 2. The van der Waals surface area contributed by atoms with E-state index in [0.717, 1.165) is 27.9 Å². The Morgan fingerprint density at radius 3 is 2.74 bits per heavy atom. The zero-order valence-electron chi connectivity index (χ0n) is 10.2. The zero-order chi connectivity index (χ0) is 13.4. The smallest absolute Gasteiger partial charge is 0.176 e. The van der Waals surface area contributed by atoms with Crippen molar-refractivity contribution >= 4 is 44.7 Å². The molecule has 0 saturated heterocycles. The van der Waals surface area contributed by atoms with Crippen molar-refractivity contribution in [1.82, 2.24) is 0 Å². The summed E-state index contributed by atoms with van der Waals surface area (Å²) in [6.07, 6.45) is 2.78. The molecule has 0 bridgehead atoms. The van der Waals surface area contributed by atoms with Crippen LogP contribution in [0.5, 0.6) is 0 Å². The van der Waals surface area contributed by atoms with E-state index in [4.69, 9.17) is 11.6 Å². The van der Waals surface area contributed by atoms with Gasteiger partial charge in [0.05, 0.1) is 13.7 Å². The van der Waals surface area contributed by atoms with Gasteiger partial charge in [0, 0.05) is 5.92 Å². The highest BCUT2D eigenvalue weighted by molar-refractivity contribution is 9.11. The predicted octanol–water partition coefficient (Wildman–Crippen LogP) is 5.15. The molecule has 1 aromatic heterocycles. The van der Waals surface area contributed by atoms with E-state index < -0.39 is 0 Å². The lowest BCUT2D eigenvalue weighted by Gasteiger charge is -2.23. The molecule has 0 radical (unpaired) electrons. The second-order valence-electron chi connectivity index (χ2n) is 4.80. The number of Topliss-reactive ketones (excluding diaryl/α,β-unsaturated/α-hetero) is 1. The van der Waals surface area contributed by atoms with E-state index in [1.807, 2.05) is 6.07 Å². The van der Waals surface area contributed by atoms with Crippen molar-refractivity contribution in [3.8, 4) is 0 Å². The van der Waals surface area contributed by atoms with E-state index in [1.54, 1.807) is 6.07 Å². The molecule has 0 spiro atoms. The number of carbonyl (C=O) groups excluding carboxylic acids is 1. The van der Waals surface area contributed by atoms with Gasteiger partial charge >= 0.3 is 0 Å². The number of benzene rings is 1. The molecule has 1 nitrogen and oxygen atoms in total. The average molecular weight is 356 g/mol. The molecule has 2 aromatic rings. The summed E-state index contributed by atoms with van der Waals surface area (Å²) >= 11 is 10.8. The van der Waals surface area contributed by atoms with E-state index in [-0.39, 0.29) is 11.7 Å². The second-order valence-corrected chi connectivity index (χ2v) is 7.58. The number of aryl methyl sites for hydroxylation is 1. The molecule has 0 N–H and O–H groups in total. The van der Waals surface area contributed by atoms with Gasteiger partial charge in [-0.15, -0.1) is 11.3 Å². The highest BCUT2D eigenvalue weighted by Crippen LogP contribution is 2.35. The Labute approximate surface area is 129 Å². The molecule has 1 aliphatic rings. The molecule has 1 unspecified atom stereocenters. The van der Waals surface area contributed by atoms with Crippen LogP contribution in [0.1, 0.15) is 27.2 Å². The quantitative estimate of drug-likeness (QED) is 0.681. The Morgan fingerprint density at radius 1 is 1.32 bits per heavy atom. The SMILES string of the molecule is O=C(c1cc(Cl)c(Br)s1)C1CCc2ccccc2C1. The number of ketones is 1. The molecule has 3 rings (SSSR count). The molecular formula is C15H12BrClOS. The number of fused-ring (bicyclic) bond motifs is 1. The van der Waals surface area contributed by atoms with Crippen molar-refractivity contribution < 1.29 is 4.79 Å². The van der Waals surface area contributed by atoms with Crippen LogP contribution in [0.2, 0.25) is 5.02 Å². The van der Waals surface area contributed by atoms with E-state index in [1.165, 1.54) is 22.5 Å². The Bertz CT molecular complexity index is 615. The Hall–Kier alpha value is -0.640. The molecule has 0 saturated carbocycles. The maximum atomic E-state index is 12.5. The third-order valence-electron chi connectivity index (χ3n) is 3.61. The topological polar surface area (TPSA) is 17.1 Å². The summed E-state index contributed by atoms with van der Waals surface area (Å²) < 4.78 is 0.841. The van der Waals surface area contributed by atoms with Crippen molar-refractivity contribution in [1.29, 1.82) is 0 Å². The summed E-state index contributed by atoms with van der Waals surface area (Å²) in [5.74, 6) is 0.323. The van der Waals surface area contributed by atoms with Gasteiger partial charge < -0.3 is 0 Å². The summed E-state index contributed by atoms with van der Waals surface area (Å²) in [7, 11) is 0. The number of thiophene rings is 1. The minimum Gasteiger partial charge on any atom is -0.293 e. The summed E-state index contributed by atoms with van der Waals surface area (Å²) in [6, 6.07) is 10.2. The van der Waals surface area contributed by atoms with Crippen molar-refractivity contribution in [2.24, 2.45) is 5.92 Å². The fourth-order valence-corrected chi connectivity index (χ4v) is 4.31. The minimum absolute atomic E-state index is 0.0940. The van der Waals surface area contributed by atoms with Gasteiger partial charge in [-0.1, -0.05) is 35.9 Å². The molecule has 0 fully saturated rings. The fraction of sp³-hybridized carbons (Fsp3) is 0.267. The molecule has 1 aliphatic carbocycles. The lowest BCUT2D eigenvalue weighted by molar-refractivity contribution is 0.0913. The van der Waals surface area contributed by atoms with Gasteiger partial charge in [-0.05, 0) is 52.4 Å². The van der Waals surface area contributed by atoms with Gasteiger partial charge in [0.25, 0.3) is 0 Å². The monoisotopic (exact) mass is 354 g/mol. The average Bonchev–Trinajstić information content (AvgIpc) is 2.77. The van der Waals surface area contributed by atoms with Gasteiger partial charge in [-0.3, -0.25) is 4.79 Å². The maximum absolute atomic E-state index is 12.5. The Morgan fingerprint density at radius 2 is 2.05 bits per heavy atom. The van der Waals surface area contributed by atoms with Crippen LogP contribution in [0, 0.1) is 5.92 Å². The highest BCUT2D eigenvalue weighted by atomic mass is 79.9. The fourth-order valence-electron chi connectivity index (χ4n) is 2.59. The molecule has 0 amide bonds. The van der Waals surface area contributed by atoms with Crippen molar-refractivity contribution in [3.63, 3.8) is 0 Å². The summed E-state index contributed by atoms with van der Waals surface area (Å²) in [5.41, 5.74) is 2.70. The van der Waals surface area contributed by atoms with Crippen molar-refractivity contribution in [2.75, 3.05) is 0 Å². The van der Waals surface area contributed by atoms with Crippen LogP contribution in [-0.2, 0) is 12.8 Å². The molecule has 4 heteroatoms. The normalized spacial score (nSPS) is 18.1. The highest BCUT2D eigenvalue weighted by Gasteiger charge is 2.26. The summed E-state index contributed by atoms with van der Waals surface area (Å²) in [4.78, 5) is 13.3. The van der Waals surface area contributed by atoms with E-state index in [2.05, 4.69) is 34.1 Å². The van der Waals surface area contributed by atoms with Gasteiger partial charge in [0.2, 0.25) is 0 Å². The number of carbonyl (C=O) groups is 1. The van der Waals surface area contributed by atoms with Crippen LogP contribution >= 0.6 is 38.9 Å².